The summed E-state index contributed by atoms with van der Waals surface area (Å²) >= 11 is 0. The van der Waals surface area contributed by atoms with Gasteiger partial charge in [0.15, 0.2) is 0 Å². The largest absolute Gasteiger partial charge is 0.492 e. The van der Waals surface area contributed by atoms with E-state index in [4.69, 9.17) is 4.74 Å². The molecule has 1 aliphatic carbocycles. The molecule has 100 valence electrons. The van der Waals surface area contributed by atoms with Gasteiger partial charge < -0.3 is 14.7 Å². The van der Waals surface area contributed by atoms with E-state index in [1.54, 1.807) is 0 Å². The molecule has 0 spiro atoms. The third-order valence-electron chi connectivity index (χ3n) is 3.73. The molecular formula is C15H23NO2. The Morgan fingerprint density at radius 1 is 1.33 bits per heavy atom. The summed E-state index contributed by atoms with van der Waals surface area (Å²) in [6.45, 7) is 8.16. The van der Waals surface area contributed by atoms with Crippen LogP contribution in [0.15, 0.2) is 18.2 Å². The Labute approximate surface area is 109 Å². The van der Waals surface area contributed by atoms with E-state index in [0.717, 1.165) is 50.4 Å². The van der Waals surface area contributed by atoms with E-state index < -0.39 is 0 Å². The van der Waals surface area contributed by atoms with Gasteiger partial charge in [0, 0.05) is 6.54 Å². The number of rotatable bonds is 6. The Kier molecular flexibility index (Phi) is 4.61. The van der Waals surface area contributed by atoms with Gasteiger partial charge in [-0.2, -0.15) is 0 Å². The number of fused-ring (bicyclic) bond motifs is 1. The Balaban J connectivity index is 1.87. The lowest BCUT2D eigenvalue weighted by Crippen LogP contribution is -2.27. The first-order valence-electron chi connectivity index (χ1n) is 6.90. The number of hydrogen-bond donors (Lipinski definition) is 1. The van der Waals surface area contributed by atoms with Crippen LogP contribution >= 0.6 is 0 Å². The molecule has 0 unspecified atom stereocenters. The van der Waals surface area contributed by atoms with Crippen molar-refractivity contribution in [3.63, 3.8) is 0 Å². The van der Waals surface area contributed by atoms with Crippen molar-refractivity contribution in [3.05, 3.63) is 29.3 Å². The zero-order chi connectivity index (χ0) is 13.0. The first kappa shape index (κ1) is 13.4. The Bertz CT molecular complexity index is 388. The first-order valence-corrected chi connectivity index (χ1v) is 6.90. The van der Waals surface area contributed by atoms with Gasteiger partial charge in [0.1, 0.15) is 12.4 Å². The molecule has 0 saturated carbocycles. The molecule has 18 heavy (non-hydrogen) atoms. The monoisotopic (exact) mass is 249 g/mol. The summed E-state index contributed by atoms with van der Waals surface area (Å²) < 4.78 is 5.78. The van der Waals surface area contributed by atoms with Crippen LogP contribution < -0.4 is 4.74 Å². The van der Waals surface area contributed by atoms with Crippen LogP contribution in [-0.2, 0) is 6.42 Å². The van der Waals surface area contributed by atoms with Gasteiger partial charge in [-0.25, -0.2) is 0 Å². The lowest BCUT2D eigenvalue weighted by molar-refractivity contribution is 0.180. The molecule has 0 saturated heterocycles. The topological polar surface area (TPSA) is 32.7 Å². The van der Waals surface area contributed by atoms with Crippen LogP contribution in [0.25, 0.3) is 0 Å². The van der Waals surface area contributed by atoms with E-state index in [1.807, 2.05) is 12.1 Å². The molecule has 0 aromatic heterocycles. The van der Waals surface area contributed by atoms with Crippen LogP contribution in [0.4, 0.5) is 0 Å². The molecule has 0 fully saturated rings. The Morgan fingerprint density at radius 3 is 2.83 bits per heavy atom. The molecule has 2 rings (SSSR count). The number of benzene rings is 1. The van der Waals surface area contributed by atoms with Crippen molar-refractivity contribution in [2.24, 2.45) is 0 Å². The molecule has 1 aromatic rings. The SMILES string of the molecule is CCN(CC)CCOc1ccc2c(c1)CC[C@H]2O. The van der Waals surface area contributed by atoms with Crippen LogP contribution in [0.5, 0.6) is 5.75 Å². The summed E-state index contributed by atoms with van der Waals surface area (Å²) in [4.78, 5) is 2.34. The molecular weight excluding hydrogens is 226 g/mol. The van der Waals surface area contributed by atoms with E-state index in [9.17, 15) is 5.11 Å². The molecule has 0 heterocycles. The zero-order valence-corrected chi connectivity index (χ0v) is 11.4. The van der Waals surface area contributed by atoms with E-state index in [1.165, 1.54) is 5.56 Å². The van der Waals surface area contributed by atoms with Crippen molar-refractivity contribution >= 4 is 0 Å². The van der Waals surface area contributed by atoms with Gasteiger partial charge in [-0.15, -0.1) is 0 Å². The average molecular weight is 249 g/mol. The Hall–Kier alpha value is -1.06. The minimum atomic E-state index is -0.273. The van der Waals surface area contributed by atoms with E-state index in [0.29, 0.717) is 0 Å². The molecule has 0 amide bonds. The van der Waals surface area contributed by atoms with Crippen LogP contribution in [-0.4, -0.2) is 36.2 Å². The normalized spacial score (nSPS) is 18.1. The zero-order valence-electron chi connectivity index (χ0n) is 11.4. The fourth-order valence-electron chi connectivity index (χ4n) is 2.49. The highest BCUT2D eigenvalue weighted by molar-refractivity contribution is 5.39. The number of aryl methyl sites for hydroxylation is 1. The van der Waals surface area contributed by atoms with Crippen LogP contribution in [0.1, 0.15) is 37.5 Å². The van der Waals surface area contributed by atoms with Crippen LogP contribution in [0.3, 0.4) is 0 Å². The highest BCUT2D eigenvalue weighted by Crippen LogP contribution is 2.33. The van der Waals surface area contributed by atoms with E-state index in [2.05, 4.69) is 24.8 Å². The fourth-order valence-corrected chi connectivity index (χ4v) is 2.49. The third kappa shape index (κ3) is 3.03. The molecule has 3 nitrogen and oxygen atoms in total. The highest BCUT2D eigenvalue weighted by atomic mass is 16.5. The lowest BCUT2D eigenvalue weighted by Gasteiger charge is -2.18. The van der Waals surface area contributed by atoms with Crippen molar-refractivity contribution in [1.29, 1.82) is 0 Å². The smallest absolute Gasteiger partial charge is 0.119 e. The Morgan fingerprint density at radius 2 is 2.11 bits per heavy atom. The van der Waals surface area contributed by atoms with Gasteiger partial charge in [0.2, 0.25) is 0 Å². The lowest BCUT2D eigenvalue weighted by atomic mass is 10.1. The second-order valence-corrected chi connectivity index (χ2v) is 4.79. The van der Waals surface area contributed by atoms with Gasteiger partial charge in [-0.3, -0.25) is 0 Å². The molecule has 0 bridgehead atoms. The van der Waals surface area contributed by atoms with Crippen molar-refractivity contribution in [2.45, 2.75) is 32.8 Å². The van der Waals surface area contributed by atoms with Gasteiger partial charge in [-0.1, -0.05) is 19.9 Å². The molecule has 0 radical (unpaired) electrons. The third-order valence-corrected chi connectivity index (χ3v) is 3.73. The number of nitrogens with zero attached hydrogens (tertiary/aromatic N) is 1. The molecule has 3 heteroatoms. The van der Waals surface area contributed by atoms with Crippen molar-refractivity contribution in [1.82, 2.24) is 4.90 Å². The van der Waals surface area contributed by atoms with Gasteiger partial charge in [0.25, 0.3) is 0 Å². The number of ether oxygens (including phenoxy) is 1. The van der Waals surface area contributed by atoms with Crippen LogP contribution in [0.2, 0.25) is 0 Å². The maximum Gasteiger partial charge on any atom is 0.119 e. The summed E-state index contributed by atoms with van der Waals surface area (Å²) in [6.07, 6.45) is 1.53. The molecule has 1 aromatic carbocycles. The molecule has 1 atom stereocenters. The van der Waals surface area contributed by atoms with Gasteiger partial charge in [-0.05, 0) is 49.2 Å². The minimum absolute atomic E-state index is 0.273. The summed E-state index contributed by atoms with van der Waals surface area (Å²) in [7, 11) is 0. The van der Waals surface area contributed by atoms with Crippen molar-refractivity contribution in [2.75, 3.05) is 26.2 Å². The predicted molar refractivity (Wildman–Crippen MR) is 73.0 cm³/mol. The van der Waals surface area contributed by atoms with Crippen molar-refractivity contribution < 1.29 is 9.84 Å². The average Bonchev–Trinajstić information content (AvgIpc) is 2.76. The van der Waals surface area contributed by atoms with E-state index >= 15 is 0 Å². The van der Waals surface area contributed by atoms with Crippen molar-refractivity contribution in [3.8, 4) is 5.75 Å². The number of aliphatic hydroxyl groups is 1. The highest BCUT2D eigenvalue weighted by Gasteiger charge is 2.20. The van der Waals surface area contributed by atoms with Gasteiger partial charge in [0.05, 0.1) is 6.10 Å². The fraction of sp³-hybridized carbons (Fsp3) is 0.600. The number of aliphatic hydroxyl groups excluding tert-OH is 1. The predicted octanol–water partition coefficient (Wildman–Crippen LogP) is 2.39. The minimum Gasteiger partial charge on any atom is -0.492 e. The first-order chi connectivity index (χ1) is 8.74. The second-order valence-electron chi connectivity index (χ2n) is 4.79. The maximum absolute atomic E-state index is 9.74. The summed E-state index contributed by atoms with van der Waals surface area (Å²) in [5, 5.41) is 9.74. The molecule has 0 aliphatic heterocycles. The van der Waals surface area contributed by atoms with Gasteiger partial charge >= 0.3 is 0 Å². The second kappa shape index (κ2) is 6.21. The molecule has 1 N–H and O–H groups in total. The summed E-state index contributed by atoms with van der Waals surface area (Å²) in [5.74, 6) is 0.926. The standard InChI is InChI=1S/C15H23NO2/c1-3-16(4-2)9-10-18-13-6-7-14-12(11-13)5-8-15(14)17/h6-7,11,15,17H,3-5,8-10H2,1-2H3/t15-/m1/s1. The summed E-state index contributed by atoms with van der Waals surface area (Å²) in [5.41, 5.74) is 2.31. The quantitative estimate of drug-likeness (QED) is 0.840. The number of hydrogen-bond acceptors (Lipinski definition) is 3. The van der Waals surface area contributed by atoms with E-state index in [-0.39, 0.29) is 6.10 Å². The molecule has 1 aliphatic rings. The number of likely N-dealkylation sites (N-methyl/N-ethyl adjacent to an activating group) is 1. The maximum atomic E-state index is 9.74. The summed E-state index contributed by atoms with van der Waals surface area (Å²) in [6, 6.07) is 6.04. The van der Waals surface area contributed by atoms with Crippen LogP contribution in [0, 0.1) is 0 Å².